The van der Waals surface area contributed by atoms with Crippen LogP contribution in [0.5, 0.6) is 0 Å². The van der Waals surface area contributed by atoms with Gasteiger partial charge >= 0.3 is 0 Å². The van der Waals surface area contributed by atoms with Crippen LogP contribution in [-0.4, -0.2) is 19.6 Å². The molecule has 0 radical (unpaired) electrons. The Balaban J connectivity index is 2.58. The number of nitrogens with zero attached hydrogens (tertiary/aromatic N) is 1. The first-order valence-electron chi connectivity index (χ1n) is 2.58. The Kier molecular flexibility index (Phi) is 1.33. The van der Waals surface area contributed by atoms with Gasteiger partial charge in [-0.05, 0) is 12.5 Å². The molecule has 0 saturated carbocycles. The summed E-state index contributed by atoms with van der Waals surface area (Å²) < 4.78 is 4.86. The number of hydrogen-bond donors (Lipinski definition) is 0. The van der Waals surface area contributed by atoms with Gasteiger partial charge in [0.2, 0.25) is 5.90 Å². The fraction of sp³-hybridized carbons (Fsp3) is 0.500. The van der Waals surface area contributed by atoms with E-state index in [-0.39, 0.29) is 0 Å². The monoisotopic (exact) mass is 111 g/mol. The molecule has 0 fully saturated rings. The van der Waals surface area contributed by atoms with E-state index in [0.29, 0.717) is 0 Å². The molecule has 0 aromatic carbocycles. The first kappa shape index (κ1) is 5.35. The predicted molar refractivity (Wildman–Crippen MR) is 33.1 cm³/mol. The maximum absolute atomic E-state index is 4.86. The summed E-state index contributed by atoms with van der Waals surface area (Å²) in [5, 5.41) is 0. The van der Waals surface area contributed by atoms with Crippen molar-refractivity contribution >= 4 is 5.90 Å². The summed E-state index contributed by atoms with van der Waals surface area (Å²) in [6, 6.07) is 0. The first-order chi connectivity index (χ1) is 3.83. The molecule has 2 heteroatoms. The van der Waals surface area contributed by atoms with E-state index in [1.165, 1.54) is 5.57 Å². The Hall–Kier alpha value is -0.790. The van der Waals surface area contributed by atoms with Gasteiger partial charge in [0.05, 0.1) is 13.7 Å². The minimum atomic E-state index is 0.752. The summed E-state index contributed by atoms with van der Waals surface area (Å²) in [6.07, 6.45) is 1.94. The summed E-state index contributed by atoms with van der Waals surface area (Å²) in [4.78, 5) is 4.04. The molecule has 0 amide bonds. The highest BCUT2D eigenvalue weighted by Gasteiger charge is 2.01. The molecule has 1 rings (SSSR count). The average molecular weight is 111 g/mol. The first-order valence-corrected chi connectivity index (χ1v) is 2.58. The second kappa shape index (κ2) is 1.99. The van der Waals surface area contributed by atoms with Crippen molar-refractivity contribution in [3.05, 3.63) is 11.6 Å². The average Bonchev–Trinajstić information content (AvgIpc) is 2.14. The zero-order valence-electron chi connectivity index (χ0n) is 5.14. The Morgan fingerprint density at radius 1 is 1.75 bits per heavy atom. The second-order valence-electron chi connectivity index (χ2n) is 1.85. The van der Waals surface area contributed by atoms with Crippen LogP contribution in [-0.2, 0) is 4.74 Å². The highest BCUT2D eigenvalue weighted by Crippen LogP contribution is 2.02. The summed E-state index contributed by atoms with van der Waals surface area (Å²) in [5.41, 5.74) is 1.27. The minimum Gasteiger partial charge on any atom is -0.481 e. The second-order valence-corrected chi connectivity index (χ2v) is 1.85. The van der Waals surface area contributed by atoms with Gasteiger partial charge in [-0.3, -0.25) is 0 Å². The third-order valence-electron chi connectivity index (χ3n) is 1.06. The van der Waals surface area contributed by atoms with E-state index in [2.05, 4.69) is 4.99 Å². The summed E-state index contributed by atoms with van der Waals surface area (Å²) in [7, 11) is 1.63. The lowest BCUT2D eigenvalue weighted by Gasteiger charge is -1.89. The van der Waals surface area contributed by atoms with Crippen LogP contribution in [0.2, 0.25) is 0 Å². The van der Waals surface area contributed by atoms with Crippen LogP contribution >= 0.6 is 0 Å². The van der Waals surface area contributed by atoms with Gasteiger partial charge in [0.25, 0.3) is 0 Å². The summed E-state index contributed by atoms with van der Waals surface area (Å²) in [5.74, 6) is 0.752. The Bertz CT molecular complexity index is 147. The molecule has 2 nitrogen and oxygen atoms in total. The third-order valence-corrected chi connectivity index (χ3v) is 1.06. The van der Waals surface area contributed by atoms with Gasteiger partial charge < -0.3 is 4.74 Å². The van der Waals surface area contributed by atoms with Crippen LogP contribution in [0.4, 0.5) is 0 Å². The Labute approximate surface area is 48.9 Å². The fourth-order valence-electron chi connectivity index (χ4n) is 0.628. The van der Waals surface area contributed by atoms with Crippen molar-refractivity contribution in [2.24, 2.45) is 4.99 Å². The normalized spacial score (nSPS) is 17.8. The minimum absolute atomic E-state index is 0.752. The SMILES string of the molecule is COC1=NCC(C)=C1. The molecule has 1 aliphatic rings. The van der Waals surface area contributed by atoms with Crippen molar-refractivity contribution in [2.45, 2.75) is 6.92 Å². The highest BCUT2D eigenvalue weighted by atomic mass is 16.5. The van der Waals surface area contributed by atoms with Gasteiger partial charge in [0.1, 0.15) is 0 Å². The largest absolute Gasteiger partial charge is 0.481 e. The predicted octanol–water partition coefficient (Wildman–Crippen LogP) is 0.991. The maximum atomic E-state index is 4.86. The molecule has 0 atom stereocenters. The van der Waals surface area contributed by atoms with E-state index in [0.717, 1.165) is 12.4 Å². The van der Waals surface area contributed by atoms with Crippen molar-refractivity contribution in [3.63, 3.8) is 0 Å². The fourth-order valence-corrected chi connectivity index (χ4v) is 0.628. The topological polar surface area (TPSA) is 21.6 Å². The molecule has 0 N–H and O–H groups in total. The maximum Gasteiger partial charge on any atom is 0.208 e. The molecule has 0 bridgehead atoms. The number of hydrogen-bond acceptors (Lipinski definition) is 2. The molecule has 8 heavy (non-hydrogen) atoms. The van der Waals surface area contributed by atoms with Gasteiger partial charge in [-0.1, -0.05) is 0 Å². The molecular weight excluding hydrogens is 102 g/mol. The molecule has 0 aromatic heterocycles. The molecule has 0 spiro atoms. The van der Waals surface area contributed by atoms with Gasteiger partial charge in [-0.15, -0.1) is 0 Å². The number of ether oxygens (including phenoxy) is 1. The van der Waals surface area contributed by atoms with Crippen molar-refractivity contribution in [1.82, 2.24) is 0 Å². The van der Waals surface area contributed by atoms with Crippen LogP contribution in [0.25, 0.3) is 0 Å². The molecule has 0 unspecified atom stereocenters. The molecule has 1 aliphatic heterocycles. The molecule has 0 aromatic rings. The molecular formula is C6H9NO. The standard InChI is InChI=1S/C6H9NO/c1-5-3-6(8-2)7-4-5/h3H,4H2,1-2H3. The molecule has 0 aliphatic carbocycles. The zero-order chi connectivity index (χ0) is 5.98. The summed E-state index contributed by atoms with van der Waals surface area (Å²) >= 11 is 0. The molecule has 1 heterocycles. The van der Waals surface area contributed by atoms with Crippen LogP contribution in [0.3, 0.4) is 0 Å². The van der Waals surface area contributed by atoms with Crippen molar-refractivity contribution in [1.29, 1.82) is 0 Å². The van der Waals surface area contributed by atoms with E-state index in [4.69, 9.17) is 4.74 Å². The Morgan fingerprint density at radius 2 is 2.50 bits per heavy atom. The number of aliphatic imine (C=N–C) groups is 1. The van der Waals surface area contributed by atoms with E-state index in [1.54, 1.807) is 7.11 Å². The van der Waals surface area contributed by atoms with E-state index < -0.39 is 0 Å². The highest BCUT2D eigenvalue weighted by molar-refractivity contribution is 5.90. The van der Waals surface area contributed by atoms with Crippen molar-refractivity contribution in [3.8, 4) is 0 Å². The number of rotatable bonds is 0. The lowest BCUT2D eigenvalue weighted by Crippen LogP contribution is -1.90. The van der Waals surface area contributed by atoms with Crippen LogP contribution in [0.1, 0.15) is 6.92 Å². The van der Waals surface area contributed by atoms with Gasteiger partial charge in [0, 0.05) is 6.08 Å². The van der Waals surface area contributed by atoms with Crippen LogP contribution in [0.15, 0.2) is 16.6 Å². The van der Waals surface area contributed by atoms with Crippen LogP contribution in [0, 0.1) is 0 Å². The Morgan fingerprint density at radius 3 is 2.75 bits per heavy atom. The van der Waals surface area contributed by atoms with Crippen molar-refractivity contribution in [2.75, 3.05) is 13.7 Å². The smallest absolute Gasteiger partial charge is 0.208 e. The van der Waals surface area contributed by atoms with Gasteiger partial charge in [-0.25, -0.2) is 4.99 Å². The number of methoxy groups -OCH3 is 1. The quantitative estimate of drug-likeness (QED) is 0.457. The lowest BCUT2D eigenvalue weighted by molar-refractivity contribution is 0.407. The van der Waals surface area contributed by atoms with Gasteiger partial charge in [0.15, 0.2) is 0 Å². The van der Waals surface area contributed by atoms with E-state index in [1.807, 2.05) is 13.0 Å². The van der Waals surface area contributed by atoms with Crippen molar-refractivity contribution < 1.29 is 4.74 Å². The van der Waals surface area contributed by atoms with Crippen LogP contribution < -0.4 is 0 Å². The van der Waals surface area contributed by atoms with Gasteiger partial charge in [-0.2, -0.15) is 0 Å². The van der Waals surface area contributed by atoms with E-state index in [9.17, 15) is 0 Å². The zero-order valence-corrected chi connectivity index (χ0v) is 5.14. The molecule has 0 saturated heterocycles. The van der Waals surface area contributed by atoms with E-state index >= 15 is 0 Å². The lowest BCUT2D eigenvalue weighted by atomic mass is 10.3. The third kappa shape index (κ3) is 0.886. The summed E-state index contributed by atoms with van der Waals surface area (Å²) in [6.45, 7) is 2.85. The molecule has 44 valence electrons.